The summed E-state index contributed by atoms with van der Waals surface area (Å²) in [6, 6.07) is 6.75. The van der Waals surface area contributed by atoms with Crippen molar-refractivity contribution in [2.24, 2.45) is 0 Å². The first-order valence-corrected chi connectivity index (χ1v) is 5.94. The van der Waals surface area contributed by atoms with Gasteiger partial charge in [-0.25, -0.2) is 0 Å². The normalized spacial score (nSPS) is 17.8. The van der Waals surface area contributed by atoms with Crippen molar-refractivity contribution in [1.82, 2.24) is 9.96 Å². The summed E-state index contributed by atoms with van der Waals surface area (Å²) < 4.78 is 0. The highest BCUT2D eigenvalue weighted by Crippen LogP contribution is 2.14. The second-order valence-electron chi connectivity index (χ2n) is 4.31. The average molecular weight is 251 g/mol. The SMILES string of the molecule is CON1CCN(Cc2ccc([N+](=O)[O-])cc2)CC1. The Labute approximate surface area is 106 Å². The Kier molecular flexibility index (Phi) is 4.24. The number of hydrogen-bond donors (Lipinski definition) is 0. The van der Waals surface area contributed by atoms with Gasteiger partial charge in [-0.05, 0) is 5.56 Å². The molecule has 0 aliphatic carbocycles. The van der Waals surface area contributed by atoms with Crippen molar-refractivity contribution in [2.75, 3.05) is 33.3 Å². The standard InChI is InChI=1S/C12H17N3O3/c1-18-14-8-6-13(7-9-14)10-11-2-4-12(5-3-11)15(16)17/h2-5H,6-10H2,1H3. The molecule has 1 heterocycles. The van der Waals surface area contributed by atoms with Crippen molar-refractivity contribution in [3.8, 4) is 0 Å². The number of hydrogen-bond acceptors (Lipinski definition) is 5. The molecule has 0 unspecified atom stereocenters. The van der Waals surface area contributed by atoms with Crippen LogP contribution < -0.4 is 0 Å². The predicted octanol–water partition coefficient (Wildman–Crippen LogP) is 1.27. The van der Waals surface area contributed by atoms with Crippen LogP contribution in [0.1, 0.15) is 5.56 Å². The number of nitro benzene ring substituents is 1. The van der Waals surface area contributed by atoms with Gasteiger partial charge in [0, 0.05) is 44.9 Å². The third-order valence-corrected chi connectivity index (χ3v) is 3.14. The van der Waals surface area contributed by atoms with Crippen LogP contribution in [0, 0.1) is 10.1 Å². The summed E-state index contributed by atoms with van der Waals surface area (Å²) in [6.45, 7) is 4.51. The van der Waals surface area contributed by atoms with Crippen LogP contribution in [0.5, 0.6) is 0 Å². The van der Waals surface area contributed by atoms with E-state index in [0.29, 0.717) is 0 Å². The minimum absolute atomic E-state index is 0.142. The van der Waals surface area contributed by atoms with Crippen LogP contribution >= 0.6 is 0 Å². The van der Waals surface area contributed by atoms with E-state index in [9.17, 15) is 10.1 Å². The van der Waals surface area contributed by atoms with Gasteiger partial charge in [0.05, 0.1) is 12.0 Å². The van der Waals surface area contributed by atoms with Crippen LogP contribution in [0.15, 0.2) is 24.3 Å². The maximum atomic E-state index is 10.5. The zero-order chi connectivity index (χ0) is 13.0. The number of non-ortho nitro benzene ring substituents is 1. The van der Waals surface area contributed by atoms with Gasteiger partial charge in [-0.2, -0.15) is 5.06 Å². The average Bonchev–Trinajstić information content (AvgIpc) is 2.40. The molecule has 0 N–H and O–H groups in total. The molecule has 6 nitrogen and oxygen atoms in total. The lowest BCUT2D eigenvalue weighted by molar-refractivity contribution is -0.384. The first-order chi connectivity index (χ1) is 8.69. The number of nitro groups is 1. The third kappa shape index (κ3) is 3.25. The fraction of sp³-hybridized carbons (Fsp3) is 0.500. The van der Waals surface area contributed by atoms with Gasteiger partial charge in [0.15, 0.2) is 0 Å². The molecule has 0 amide bonds. The Morgan fingerprint density at radius 1 is 1.22 bits per heavy atom. The summed E-state index contributed by atoms with van der Waals surface area (Å²) in [5.41, 5.74) is 1.24. The van der Waals surface area contributed by atoms with Crippen molar-refractivity contribution >= 4 is 5.69 Å². The van der Waals surface area contributed by atoms with Crippen molar-refractivity contribution < 1.29 is 9.76 Å². The van der Waals surface area contributed by atoms with E-state index >= 15 is 0 Å². The molecule has 6 heteroatoms. The van der Waals surface area contributed by atoms with E-state index in [-0.39, 0.29) is 10.6 Å². The molecule has 1 aromatic carbocycles. The summed E-state index contributed by atoms with van der Waals surface area (Å²) >= 11 is 0. The van der Waals surface area contributed by atoms with Gasteiger partial charge in [-0.1, -0.05) is 12.1 Å². The van der Waals surface area contributed by atoms with Gasteiger partial charge in [-0.15, -0.1) is 0 Å². The van der Waals surface area contributed by atoms with Crippen LogP contribution in [-0.4, -0.2) is 48.2 Å². The fourth-order valence-electron chi connectivity index (χ4n) is 2.05. The summed E-state index contributed by atoms with van der Waals surface area (Å²) in [7, 11) is 1.69. The molecule has 2 rings (SSSR count). The first-order valence-electron chi connectivity index (χ1n) is 5.94. The molecule has 0 bridgehead atoms. The zero-order valence-electron chi connectivity index (χ0n) is 10.4. The zero-order valence-corrected chi connectivity index (χ0v) is 10.4. The van der Waals surface area contributed by atoms with Gasteiger partial charge in [0.2, 0.25) is 0 Å². The van der Waals surface area contributed by atoms with Gasteiger partial charge >= 0.3 is 0 Å². The molecule has 0 radical (unpaired) electrons. The molecule has 0 atom stereocenters. The first kappa shape index (κ1) is 12.9. The summed E-state index contributed by atoms with van der Waals surface area (Å²) in [6.07, 6.45) is 0. The Hall–Kier alpha value is -1.50. The second-order valence-corrected chi connectivity index (χ2v) is 4.31. The molecule has 98 valence electrons. The van der Waals surface area contributed by atoms with E-state index in [4.69, 9.17) is 4.84 Å². The van der Waals surface area contributed by atoms with E-state index in [1.165, 1.54) is 0 Å². The van der Waals surface area contributed by atoms with Crippen molar-refractivity contribution in [1.29, 1.82) is 0 Å². The van der Waals surface area contributed by atoms with Crippen LogP contribution in [0.3, 0.4) is 0 Å². The molecular weight excluding hydrogens is 234 g/mol. The largest absolute Gasteiger partial charge is 0.302 e. The molecule has 1 aliphatic rings. The summed E-state index contributed by atoms with van der Waals surface area (Å²) in [5, 5.41) is 12.5. The van der Waals surface area contributed by atoms with E-state index in [1.54, 1.807) is 19.2 Å². The number of nitrogens with zero attached hydrogens (tertiary/aromatic N) is 3. The number of benzene rings is 1. The lowest BCUT2D eigenvalue weighted by atomic mass is 10.2. The summed E-state index contributed by atoms with van der Waals surface area (Å²) in [4.78, 5) is 17.7. The van der Waals surface area contributed by atoms with Crippen LogP contribution in [0.4, 0.5) is 5.69 Å². The molecule has 18 heavy (non-hydrogen) atoms. The van der Waals surface area contributed by atoms with Crippen LogP contribution in [0.25, 0.3) is 0 Å². The molecule has 1 saturated heterocycles. The molecule has 0 aromatic heterocycles. The Morgan fingerprint density at radius 2 is 1.83 bits per heavy atom. The predicted molar refractivity (Wildman–Crippen MR) is 67.0 cm³/mol. The molecule has 1 fully saturated rings. The topological polar surface area (TPSA) is 58.8 Å². The monoisotopic (exact) mass is 251 g/mol. The third-order valence-electron chi connectivity index (χ3n) is 3.14. The molecule has 1 aromatic rings. The fourth-order valence-corrected chi connectivity index (χ4v) is 2.05. The maximum absolute atomic E-state index is 10.5. The summed E-state index contributed by atoms with van der Waals surface area (Å²) in [5.74, 6) is 0. The number of rotatable bonds is 4. The lowest BCUT2D eigenvalue weighted by Gasteiger charge is -2.32. The highest BCUT2D eigenvalue weighted by molar-refractivity contribution is 5.32. The molecule has 0 spiro atoms. The van der Waals surface area contributed by atoms with Crippen molar-refractivity contribution in [3.63, 3.8) is 0 Å². The Bertz CT molecular complexity index is 400. The minimum atomic E-state index is -0.374. The molecule has 0 saturated carbocycles. The molecular formula is C12H17N3O3. The maximum Gasteiger partial charge on any atom is 0.269 e. The Morgan fingerprint density at radius 3 is 2.33 bits per heavy atom. The number of hydroxylamine groups is 2. The van der Waals surface area contributed by atoms with E-state index in [1.807, 2.05) is 17.2 Å². The highest BCUT2D eigenvalue weighted by atomic mass is 16.7. The molecule has 1 aliphatic heterocycles. The van der Waals surface area contributed by atoms with Crippen molar-refractivity contribution in [2.45, 2.75) is 6.54 Å². The Balaban J connectivity index is 1.88. The van der Waals surface area contributed by atoms with Gasteiger partial charge in [0.25, 0.3) is 5.69 Å². The van der Waals surface area contributed by atoms with E-state index in [2.05, 4.69) is 4.90 Å². The van der Waals surface area contributed by atoms with E-state index < -0.39 is 0 Å². The highest BCUT2D eigenvalue weighted by Gasteiger charge is 2.16. The van der Waals surface area contributed by atoms with Crippen LogP contribution in [-0.2, 0) is 11.4 Å². The van der Waals surface area contributed by atoms with Gasteiger partial charge in [-0.3, -0.25) is 15.0 Å². The van der Waals surface area contributed by atoms with E-state index in [0.717, 1.165) is 38.3 Å². The quantitative estimate of drug-likeness (QED) is 0.596. The van der Waals surface area contributed by atoms with Gasteiger partial charge < -0.3 is 4.84 Å². The van der Waals surface area contributed by atoms with Gasteiger partial charge in [0.1, 0.15) is 0 Å². The lowest BCUT2D eigenvalue weighted by Crippen LogP contribution is -2.45. The smallest absolute Gasteiger partial charge is 0.269 e. The minimum Gasteiger partial charge on any atom is -0.302 e. The van der Waals surface area contributed by atoms with Crippen molar-refractivity contribution in [3.05, 3.63) is 39.9 Å². The number of piperazine rings is 1. The van der Waals surface area contributed by atoms with Crippen LogP contribution in [0.2, 0.25) is 0 Å². The second kappa shape index (κ2) is 5.90.